The third-order valence-corrected chi connectivity index (χ3v) is 3.65. The van der Waals surface area contributed by atoms with E-state index in [9.17, 15) is 0 Å². The number of ether oxygens (including phenoxy) is 1. The Labute approximate surface area is 124 Å². The number of benzene rings is 1. The van der Waals surface area contributed by atoms with Gasteiger partial charge in [0, 0.05) is 7.05 Å². The minimum atomic E-state index is 0.411. The summed E-state index contributed by atoms with van der Waals surface area (Å²) in [6.45, 7) is 3.08. The summed E-state index contributed by atoms with van der Waals surface area (Å²) in [4.78, 5) is 0. The van der Waals surface area contributed by atoms with Crippen LogP contribution in [-0.4, -0.2) is 16.3 Å². The number of nitrogens with zero attached hydrogens (tertiary/aromatic N) is 2. The monoisotopic (exact) mass is 293 g/mol. The van der Waals surface area contributed by atoms with Gasteiger partial charge in [-0.15, -0.1) is 0 Å². The molecular formula is C15H20ClN3O. The van der Waals surface area contributed by atoms with Crippen LogP contribution in [0, 0.1) is 0 Å². The summed E-state index contributed by atoms with van der Waals surface area (Å²) in [5, 5.41) is 5.08. The van der Waals surface area contributed by atoms with Crippen molar-refractivity contribution in [2.75, 3.05) is 6.54 Å². The Hall–Kier alpha value is -1.52. The molecule has 0 aliphatic rings. The van der Waals surface area contributed by atoms with Crippen molar-refractivity contribution in [2.24, 2.45) is 12.8 Å². The van der Waals surface area contributed by atoms with Crippen LogP contribution in [0.25, 0.3) is 0 Å². The number of aromatic nitrogens is 2. The maximum Gasteiger partial charge on any atom is 0.131 e. The molecule has 2 N–H and O–H groups in total. The van der Waals surface area contributed by atoms with Crippen molar-refractivity contribution in [2.45, 2.75) is 26.4 Å². The third kappa shape index (κ3) is 3.32. The van der Waals surface area contributed by atoms with Gasteiger partial charge in [0.2, 0.25) is 0 Å². The molecule has 0 fully saturated rings. The standard InChI is InChI=1S/C15H20ClN3O/c1-3-13-15(16)14(19(2)18-13)10-20-12-6-4-5-11(9-12)7-8-17/h4-6,9H,3,7-8,10,17H2,1-2H3. The molecule has 108 valence electrons. The fraction of sp³-hybridized carbons (Fsp3) is 0.400. The molecule has 1 aromatic carbocycles. The quantitative estimate of drug-likeness (QED) is 0.891. The van der Waals surface area contributed by atoms with Gasteiger partial charge in [0.25, 0.3) is 0 Å². The second kappa shape index (κ2) is 6.77. The zero-order valence-corrected chi connectivity index (χ0v) is 12.7. The fourth-order valence-electron chi connectivity index (χ4n) is 2.09. The number of rotatable bonds is 6. The van der Waals surface area contributed by atoms with E-state index in [1.807, 2.05) is 38.2 Å². The van der Waals surface area contributed by atoms with Crippen molar-refractivity contribution in [1.82, 2.24) is 9.78 Å². The van der Waals surface area contributed by atoms with Crippen LogP contribution in [-0.2, 0) is 26.5 Å². The Morgan fingerprint density at radius 1 is 1.40 bits per heavy atom. The topological polar surface area (TPSA) is 53.1 Å². The first-order valence-corrected chi connectivity index (χ1v) is 7.15. The maximum absolute atomic E-state index is 6.30. The Morgan fingerprint density at radius 2 is 2.20 bits per heavy atom. The van der Waals surface area contributed by atoms with Gasteiger partial charge in [-0.25, -0.2) is 0 Å². The molecule has 0 saturated carbocycles. The van der Waals surface area contributed by atoms with Crippen molar-refractivity contribution in [3.8, 4) is 5.75 Å². The molecule has 4 nitrogen and oxygen atoms in total. The zero-order valence-electron chi connectivity index (χ0n) is 11.9. The Balaban J connectivity index is 2.09. The highest BCUT2D eigenvalue weighted by atomic mass is 35.5. The third-order valence-electron chi connectivity index (χ3n) is 3.21. The normalized spacial score (nSPS) is 10.8. The first-order valence-electron chi connectivity index (χ1n) is 6.77. The van der Waals surface area contributed by atoms with E-state index in [4.69, 9.17) is 22.1 Å². The number of hydrogen-bond acceptors (Lipinski definition) is 3. The average molecular weight is 294 g/mol. The minimum Gasteiger partial charge on any atom is -0.487 e. The summed E-state index contributed by atoms with van der Waals surface area (Å²) in [5.41, 5.74) is 8.54. The van der Waals surface area contributed by atoms with Gasteiger partial charge in [0.05, 0.1) is 16.4 Å². The fourth-order valence-corrected chi connectivity index (χ4v) is 2.43. The van der Waals surface area contributed by atoms with E-state index in [1.54, 1.807) is 4.68 Å². The van der Waals surface area contributed by atoms with E-state index in [1.165, 1.54) is 5.56 Å². The largest absolute Gasteiger partial charge is 0.487 e. The van der Waals surface area contributed by atoms with Crippen LogP contribution >= 0.6 is 11.6 Å². The number of nitrogens with two attached hydrogens (primary N) is 1. The maximum atomic E-state index is 6.30. The lowest BCUT2D eigenvalue weighted by Crippen LogP contribution is -2.05. The highest BCUT2D eigenvalue weighted by molar-refractivity contribution is 6.31. The smallest absolute Gasteiger partial charge is 0.131 e. The molecule has 1 heterocycles. The van der Waals surface area contributed by atoms with Gasteiger partial charge in [-0.3, -0.25) is 4.68 Å². The minimum absolute atomic E-state index is 0.411. The summed E-state index contributed by atoms with van der Waals surface area (Å²) in [6, 6.07) is 7.97. The van der Waals surface area contributed by atoms with Gasteiger partial charge < -0.3 is 10.5 Å². The summed E-state index contributed by atoms with van der Waals surface area (Å²) >= 11 is 6.30. The van der Waals surface area contributed by atoms with Crippen LogP contribution in [0.5, 0.6) is 5.75 Å². The Kier molecular flexibility index (Phi) is 5.04. The molecule has 20 heavy (non-hydrogen) atoms. The summed E-state index contributed by atoms with van der Waals surface area (Å²) < 4.78 is 7.60. The molecule has 0 spiro atoms. The van der Waals surface area contributed by atoms with E-state index in [2.05, 4.69) is 5.10 Å². The summed E-state index contributed by atoms with van der Waals surface area (Å²) in [6.07, 6.45) is 1.67. The van der Waals surface area contributed by atoms with Crippen LogP contribution in [0.15, 0.2) is 24.3 Å². The molecule has 0 saturated heterocycles. The lowest BCUT2D eigenvalue weighted by atomic mass is 10.1. The molecule has 0 bridgehead atoms. The van der Waals surface area contributed by atoms with E-state index in [0.29, 0.717) is 18.2 Å². The van der Waals surface area contributed by atoms with Gasteiger partial charge in [-0.2, -0.15) is 5.10 Å². The Bertz CT molecular complexity index is 580. The van der Waals surface area contributed by atoms with Crippen molar-refractivity contribution in [3.05, 3.63) is 46.2 Å². The molecule has 0 unspecified atom stereocenters. The number of aryl methyl sites for hydroxylation is 2. The predicted molar refractivity (Wildman–Crippen MR) is 81.1 cm³/mol. The van der Waals surface area contributed by atoms with Crippen LogP contribution in [0.3, 0.4) is 0 Å². The lowest BCUT2D eigenvalue weighted by Gasteiger charge is -2.08. The summed E-state index contributed by atoms with van der Waals surface area (Å²) in [5.74, 6) is 0.825. The van der Waals surface area contributed by atoms with Gasteiger partial charge in [-0.1, -0.05) is 30.7 Å². The molecule has 0 aliphatic carbocycles. The SMILES string of the molecule is CCc1nn(C)c(COc2cccc(CCN)c2)c1Cl. The van der Waals surface area contributed by atoms with Crippen molar-refractivity contribution in [1.29, 1.82) is 0 Å². The van der Waals surface area contributed by atoms with E-state index >= 15 is 0 Å². The predicted octanol–water partition coefficient (Wildman–Crippen LogP) is 2.72. The summed E-state index contributed by atoms with van der Waals surface area (Å²) in [7, 11) is 1.88. The van der Waals surface area contributed by atoms with Crippen molar-refractivity contribution in [3.63, 3.8) is 0 Å². The molecule has 5 heteroatoms. The zero-order chi connectivity index (χ0) is 14.5. The second-order valence-electron chi connectivity index (χ2n) is 4.66. The van der Waals surface area contributed by atoms with Crippen LogP contribution in [0.2, 0.25) is 5.02 Å². The second-order valence-corrected chi connectivity index (χ2v) is 5.04. The molecule has 1 aromatic heterocycles. The van der Waals surface area contributed by atoms with Gasteiger partial charge in [-0.05, 0) is 37.1 Å². The Morgan fingerprint density at radius 3 is 2.85 bits per heavy atom. The molecule has 0 aliphatic heterocycles. The number of hydrogen-bond donors (Lipinski definition) is 1. The molecule has 2 rings (SSSR count). The van der Waals surface area contributed by atoms with E-state index in [0.717, 1.165) is 30.0 Å². The van der Waals surface area contributed by atoms with Crippen molar-refractivity contribution >= 4 is 11.6 Å². The first kappa shape index (κ1) is 14.9. The van der Waals surface area contributed by atoms with Crippen LogP contribution < -0.4 is 10.5 Å². The van der Waals surface area contributed by atoms with Gasteiger partial charge >= 0.3 is 0 Å². The average Bonchev–Trinajstić information content (AvgIpc) is 2.72. The number of halogens is 1. The lowest BCUT2D eigenvalue weighted by molar-refractivity contribution is 0.294. The first-order chi connectivity index (χ1) is 9.65. The van der Waals surface area contributed by atoms with E-state index < -0.39 is 0 Å². The van der Waals surface area contributed by atoms with Crippen molar-refractivity contribution < 1.29 is 4.74 Å². The van der Waals surface area contributed by atoms with Gasteiger partial charge in [0.1, 0.15) is 12.4 Å². The highest BCUT2D eigenvalue weighted by Gasteiger charge is 2.13. The van der Waals surface area contributed by atoms with Crippen LogP contribution in [0.1, 0.15) is 23.9 Å². The molecule has 2 aromatic rings. The molecule has 0 amide bonds. The highest BCUT2D eigenvalue weighted by Crippen LogP contribution is 2.23. The van der Waals surface area contributed by atoms with Gasteiger partial charge in [0.15, 0.2) is 0 Å². The molecular weight excluding hydrogens is 274 g/mol. The molecule has 0 radical (unpaired) electrons. The van der Waals surface area contributed by atoms with Crippen LogP contribution in [0.4, 0.5) is 0 Å². The molecule has 0 atom stereocenters. The van der Waals surface area contributed by atoms with E-state index in [-0.39, 0.29) is 0 Å².